The van der Waals surface area contributed by atoms with Crippen molar-refractivity contribution in [3.05, 3.63) is 59.7 Å². The van der Waals surface area contributed by atoms with Crippen molar-refractivity contribution in [2.75, 3.05) is 19.8 Å². The van der Waals surface area contributed by atoms with Crippen LogP contribution in [0.3, 0.4) is 0 Å². The van der Waals surface area contributed by atoms with E-state index in [0.717, 1.165) is 18.1 Å². The van der Waals surface area contributed by atoms with Crippen LogP contribution in [0, 0.1) is 0 Å². The number of epoxide rings is 1. The van der Waals surface area contributed by atoms with Crippen molar-refractivity contribution in [1.29, 1.82) is 0 Å². The van der Waals surface area contributed by atoms with E-state index in [2.05, 4.69) is 31.2 Å². The normalized spacial score (nSPS) is 18.7. The average Bonchev–Trinajstić information content (AvgIpc) is 3.43. The van der Waals surface area contributed by atoms with Crippen molar-refractivity contribution in [2.45, 2.75) is 32.0 Å². The summed E-state index contributed by atoms with van der Waals surface area (Å²) in [6.07, 6.45) is -0.186. The molecule has 1 fully saturated rings. The SMILES string of the molecule is CC(O)COc1ccc(C(C)c2ccc(OCC3CO3)cc2)cc1. The number of hydrogen-bond donors (Lipinski definition) is 1. The first-order valence-electron chi connectivity index (χ1n) is 8.37. The lowest BCUT2D eigenvalue weighted by molar-refractivity contribution is 0.122. The molecule has 1 saturated heterocycles. The van der Waals surface area contributed by atoms with Gasteiger partial charge in [-0.1, -0.05) is 31.2 Å². The Hall–Kier alpha value is -2.04. The zero-order chi connectivity index (χ0) is 16.9. The molecule has 0 amide bonds. The van der Waals surface area contributed by atoms with Gasteiger partial charge in [0.2, 0.25) is 0 Å². The summed E-state index contributed by atoms with van der Waals surface area (Å²) in [5.41, 5.74) is 2.46. The maximum atomic E-state index is 9.26. The molecule has 0 spiro atoms. The van der Waals surface area contributed by atoms with Gasteiger partial charge in [0.25, 0.3) is 0 Å². The minimum Gasteiger partial charge on any atom is -0.491 e. The molecule has 0 saturated carbocycles. The van der Waals surface area contributed by atoms with Crippen LogP contribution in [0.2, 0.25) is 0 Å². The van der Waals surface area contributed by atoms with Gasteiger partial charge in [-0.3, -0.25) is 0 Å². The largest absolute Gasteiger partial charge is 0.491 e. The van der Waals surface area contributed by atoms with Crippen molar-refractivity contribution in [3.8, 4) is 11.5 Å². The first-order valence-corrected chi connectivity index (χ1v) is 8.37. The molecule has 0 aromatic heterocycles. The molecule has 3 unspecified atom stereocenters. The van der Waals surface area contributed by atoms with E-state index < -0.39 is 6.10 Å². The lowest BCUT2D eigenvalue weighted by atomic mass is 9.93. The molecule has 0 bridgehead atoms. The molecule has 4 nitrogen and oxygen atoms in total. The molecule has 0 aliphatic carbocycles. The minimum atomic E-state index is -0.462. The molecule has 1 heterocycles. The number of ether oxygens (including phenoxy) is 3. The van der Waals surface area contributed by atoms with Crippen molar-refractivity contribution in [1.82, 2.24) is 0 Å². The van der Waals surface area contributed by atoms with E-state index in [1.165, 1.54) is 11.1 Å². The van der Waals surface area contributed by atoms with Crippen molar-refractivity contribution < 1.29 is 19.3 Å². The standard InChI is InChI=1S/C20H24O4/c1-14(21)11-22-18-7-3-16(4-8-18)15(2)17-5-9-19(10-6-17)23-12-20-13-24-20/h3-10,14-15,20-21H,11-13H2,1-2H3. The topological polar surface area (TPSA) is 51.2 Å². The third-order valence-corrected chi connectivity index (χ3v) is 4.09. The van der Waals surface area contributed by atoms with Gasteiger partial charge in [0.05, 0.1) is 12.7 Å². The Morgan fingerprint density at radius 1 is 0.958 bits per heavy atom. The van der Waals surface area contributed by atoms with Gasteiger partial charge in [-0.2, -0.15) is 0 Å². The second kappa shape index (κ2) is 7.69. The number of benzene rings is 2. The fourth-order valence-electron chi connectivity index (χ4n) is 2.47. The summed E-state index contributed by atoms with van der Waals surface area (Å²) in [5.74, 6) is 1.94. The molecule has 0 radical (unpaired) electrons. The molecule has 2 aromatic carbocycles. The molecule has 128 valence electrons. The van der Waals surface area contributed by atoms with Crippen LogP contribution < -0.4 is 9.47 Å². The third kappa shape index (κ3) is 4.73. The Labute approximate surface area is 143 Å². The quantitative estimate of drug-likeness (QED) is 0.755. The molecule has 1 N–H and O–H groups in total. The predicted molar refractivity (Wildman–Crippen MR) is 92.8 cm³/mol. The van der Waals surface area contributed by atoms with Crippen LogP contribution in [0.1, 0.15) is 30.9 Å². The number of rotatable bonds is 8. The highest BCUT2D eigenvalue weighted by Crippen LogP contribution is 2.27. The molecular formula is C20H24O4. The Kier molecular flexibility index (Phi) is 5.38. The highest BCUT2D eigenvalue weighted by Gasteiger charge is 2.23. The third-order valence-electron chi connectivity index (χ3n) is 4.09. The van der Waals surface area contributed by atoms with Gasteiger partial charge in [0.15, 0.2) is 0 Å². The summed E-state index contributed by atoms with van der Waals surface area (Å²) < 4.78 is 16.3. The summed E-state index contributed by atoms with van der Waals surface area (Å²) in [6.45, 7) is 5.64. The van der Waals surface area contributed by atoms with Gasteiger partial charge in [0.1, 0.15) is 30.8 Å². The summed E-state index contributed by atoms with van der Waals surface area (Å²) in [4.78, 5) is 0. The van der Waals surface area contributed by atoms with Gasteiger partial charge in [-0.15, -0.1) is 0 Å². The zero-order valence-corrected chi connectivity index (χ0v) is 14.1. The summed E-state index contributed by atoms with van der Waals surface area (Å²) in [5, 5.41) is 9.26. The summed E-state index contributed by atoms with van der Waals surface area (Å²) >= 11 is 0. The highest BCUT2D eigenvalue weighted by molar-refractivity contribution is 5.37. The van der Waals surface area contributed by atoms with Gasteiger partial charge < -0.3 is 19.3 Å². The van der Waals surface area contributed by atoms with Crippen molar-refractivity contribution >= 4 is 0 Å². The molecular weight excluding hydrogens is 304 g/mol. The highest BCUT2D eigenvalue weighted by atomic mass is 16.6. The monoisotopic (exact) mass is 328 g/mol. The Morgan fingerprint density at radius 3 is 1.92 bits per heavy atom. The van der Waals surface area contributed by atoms with E-state index in [9.17, 15) is 5.11 Å². The zero-order valence-electron chi connectivity index (χ0n) is 14.1. The first-order chi connectivity index (χ1) is 11.6. The van der Waals surface area contributed by atoms with Crippen LogP contribution in [-0.2, 0) is 4.74 Å². The molecule has 4 heteroatoms. The summed E-state index contributed by atoms with van der Waals surface area (Å²) in [7, 11) is 0. The fraction of sp³-hybridized carbons (Fsp3) is 0.400. The molecule has 3 atom stereocenters. The van der Waals surface area contributed by atoms with E-state index in [1.54, 1.807) is 6.92 Å². The van der Waals surface area contributed by atoms with Crippen LogP contribution in [0.4, 0.5) is 0 Å². The lowest BCUT2D eigenvalue weighted by Crippen LogP contribution is -2.12. The smallest absolute Gasteiger partial charge is 0.119 e. The van der Waals surface area contributed by atoms with E-state index in [-0.39, 0.29) is 12.0 Å². The second-order valence-corrected chi connectivity index (χ2v) is 6.29. The van der Waals surface area contributed by atoms with Gasteiger partial charge in [0, 0.05) is 5.92 Å². The number of aliphatic hydroxyl groups excluding tert-OH is 1. The Morgan fingerprint density at radius 2 is 1.46 bits per heavy atom. The molecule has 3 rings (SSSR count). The lowest BCUT2D eigenvalue weighted by Gasteiger charge is -2.14. The van der Waals surface area contributed by atoms with Crippen LogP contribution in [0.25, 0.3) is 0 Å². The van der Waals surface area contributed by atoms with Gasteiger partial charge in [-0.25, -0.2) is 0 Å². The molecule has 2 aromatic rings. The van der Waals surface area contributed by atoms with Crippen molar-refractivity contribution in [2.24, 2.45) is 0 Å². The first kappa shape index (κ1) is 16.8. The van der Waals surface area contributed by atoms with Gasteiger partial charge in [-0.05, 0) is 42.3 Å². The summed E-state index contributed by atoms with van der Waals surface area (Å²) in [6, 6.07) is 16.2. The predicted octanol–water partition coefficient (Wildman–Crippen LogP) is 3.38. The van der Waals surface area contributed by atoms with Crippen LogP contribution in [0.5, 0.6) is 11.5 Å². The maximum absolute atomic E-state index is 9.26. The van der Waals surface area contributed by atoms with E-state index in [0.29, 0.717) is 13.2 Å². The second-order valence-electron chi connectivity index (χ2n) is 6.29. The average molecular weight is 328 g/mol. The van der Waals surface area contributed by atoms with E-state index in [1.807, 2.05) is 24.3 Å². The fourth-order valence-corrected chi connectivity index (χ4v) is 2.47. The van der Waals surface area contributed by atoms with E-state index in [4.69, 9.17) is 14.2 Å². The van der Waals surface area contributed by atoms with Crippen molar-refractivity contribution in [3.63, 3.8) is 0 Å². The van der Waals surface area contributed by atoms with Crippen LogP contribution in [-0.4, -0.2) is 37.1 Å². The number of hydrogen-bond acceptors (Lipinski definition) is 4. The molecule has 24 heavy (non-hydrogen) atoms. The minimum absolute atomic E-state index is 0.276. The van der Waals surface area contributed by atoms with E-state index >= 15 is 0 Å². The van der Waals surface area contributed by atoms with Gasteiger partial charge >= 0.3 is 0 Å². The Bertz CT molecular complexity index is 580. The van der Waals surface area contributed by atoms with Crippen LogP contribution >= 0.6 is 0 Å². The van der Waals surface area contributed by atoms with Crippen LogP contribution in [0.15, 0.2) is 48.5 Å². The Balaban J connectivity index is 1.59. The molecule has 1 aliphatic heterocycles. The maximum Gasteiger partial charge on any atom is 0.119 e. The molecule has 1 aliphatic rings. The number of aliphatic hydroxyl groups is 1.